The van der Waals surface area contributed by atoms with Crippen LogP contribution in [0, 0.1) is 5.41 Å². The van der Waals surface area contributed by atoms with Gasteiger partial charge >= 0.3 is 0 Å². The van der Waals surface area contributed by atoms with E-state index in [9.17, 15) is 8.42 Å². The normalized spacial score (nSPS) is 16.2. The summed E-state index contributed by atoms with van der Waals surface area (Å²) in [6.07, 6.45) is 0. The molecule has 1 fully saturated rings. The van der Waals surface area contributed by atoms with Crippen molar-refractivity contribution in [2.45, 2.75) is 4.90 Å². The van der Waals surface area contributed by atoms with Gasteiger partial charge in [0.15, 0.2) is 0 Å². The molecule has 6 nitrogen and oxygen atoms in total. The summed E-state index contributed by atoms with van der Waals surface area (Å²) in [7, 11) is -3.61. The average Bonchev–Trinajstić information content (AvgIpc) is 2.66. The zero-order chi connectivity index (χ0) is 11.8. The van der Waals surface area contributed by atoms with Crippen molar-refractivity contribution < 1.29 is 8.42 Å². The Balaban J connectivity index is 2.39. The molecule has 0 bridgehead atoms. The highest BCUT2D eigenvalue weighted by atomic mass is 32.2. The number of nitrogen functional groups attached to an aromatic ring is 1. The highest BCUT2D eigenvalue weighted by Gasteiger charge is 2.30. The molecule has 0 atom stereocenters. The molecule has 0 aromatic heterocycles. The Morgan fingerprint density at radius 3 is 2.44 bits per heavy atom. The standard InChI is InChI=1S/C9H12N4O2S/c10-7-1-3-8(4-2-7)16(14,15)13-6-5-12-9(13)11/h1-4H,5-6,10H2,(H2,11,12). The van der Waals surface area contributed by atoms with Crippen molar-refractivity contribution in [2.75, 3.05) is 18.8 Å². The molecule has 4 N–H and O–H groups in total. The number of anilines is 1. The van der Waals surface area contributed by atoms with Crippen molar-refractivity contribution in [3.05, 3.63) is 24.3 Å². The molecule has 7 heteroatoms. The molecule has 1 aromatic rings. The first kappa shape index (κ1) is 10.7. The zero-order valence-electron chi connectivity index (χ0n) is 8.47. The third kappa shape index (κ3) is 1.69. The second kappa shape index (κ2) is 3.67. The molecule has 1 saturated heterocycles. The van der Waals surface area contributed by atoms with Gasteiger partial charge in [-0.15, -0.1) is 0 Å². The van der Waals surface area contributed by atoms with Gasteiger partial charge in [-0.1, -0.05) is 0 Å². The highest BCUT2D eigenvalue weighted by Crippen LogP contribution is 2.18. The van der Waals surface area contributed by atoms with E-state index in [0.29, 0.717) is 12.2 Å². The van der Waals surface area contributed by atoms with Gasteiger partial charge in [-0.3, -0.25) is 5.41 Å². The van der Waals surface area contributed by atoms with E-state index >= 15 is 0 Å². The molecular formula is C9H12N4O2S. The molecule has 0 radical (unpaired) electrons. The summed E-state index contributed by atoms with van der Waals surface area (Å²) < 4.78 is 25.2. The number of guanidine groups is 1. The molecule has 16 heavy (non-hydrogen) atoms. The first-order valence-corrected chi connectivity index (χ1v) is 6.16. The molecule has 0 saturated carbocycles. The van der Waals surface area contributed by atoms with Crippen LogP contribution in [0.5, 0.6) is 0 Å². The molecule has 1 aromatic carbocycles. The van der Waals surface area contributed by atoms with E-state index in [1.54, 1.807) is 0 Å². The fraction of sp³-hybridized carbons (Fsp3) is 0.222. The predicted octanol–water partition coefficient (Wildman–Crippen LogP) is -0.203. The van der Waals surface area contributed by atoms with E-state index in [1.807, 2.05) is 0 Å². The van der Waals surface area contributed by atoms with Crippen LogP contribution in [0.4, 0.5) is 5.69 Å². The first-order chi connectivity index (χ1) is 7.51. The molecule has 86 valence electrons. The van der Waals surface area contributed by atoms with Crippen LogP contribution >= 0.6 is 0 Å². The molecule has 1 aliphatic heterocycles. The lowest BCUT2D eigenvalue weighted by Crippen LogP contribution is -2.34. The van der Waals surface area contributed by atoms with Crippen molar-refractivity contribution in [1.82, 2.24) is 9.62 Å². The van der Waals surface area contributed by atoms with E-state index in [0.717, 1.165) is 4.31 Å². The maximum absolute atomic E-state index is 12.1. The number of nitrogens with one attached hydrogen (secondary N) is 2. The molecule has 0 aliphatic carbocycles. The highest BCUT2D eigenvalue weighted by molar-refractivity contribution is 7.89. The SMILES string of the molecule is N=C1NCCN1S(=O)(=O)c1ccc(N)cc1. The van der Waals surface area contributed by atoms with Gasteiger partial charge in [-0.25, -0.2) is 12.7 Å². The second-order valence-electron chi connectivity index (χ2n) is 3.42. The van der Waals surface area contributed by atoms with E-state index in [-0.39, 0.29) is 17.4 Å². The number of hydrogen-bond donors (Lipinski definition) is 3. The van der Waals surface area contributed by atoms with Gasteiger partial charge in [0.25, 0.3) is 10.0 Å². The number of nitrogens with two attached hydrogens (primary N) is 1. The van der Waals surface area contributed by atoms with Gasteiger partial charge in [0.05, 0.1) is 11.4 Å². The summed E-state index contributed by atoms with van der Waals surface area (Å²) in [5, 5.41) is 10.1. The van der Waals surface area contributed by atoms with E-state index in [1.165, 1.54) is 24.3 Å². The number of rotatable bonds is 2. The molecule has 0 amide bonds. The summed E-state index contributed by atoms with van der Waals surface area (Å²) in [5.74, 6) is -0.0863. The molecule has 0 spiro atoms. The van der Waals surface area contributed by atoms with Crippen LogP contribution in [-0.2, 0) is 10.0 Å². The van der Waals surface area contributed by atoms with Crippen molar-refractivity contribution >= 4 is 21.7 Å². The van der Waals surface area contributed by atoms with Crippen LogP contribution in [-0.4, -0.2) is 31.8 Å². The Morgan fingerprint density at radius 2 is 1.94 bits per heavy atom. The van der Waals surface area contributed by atoms with Crippen molar-refractivity contribution in [1.29, 1.82) is 5.41 Å². The van der Waals surface area contributed by atoms with Crippen molar-refractivity contribution in [3.63, 3.8) is 0 Å². The van der Waals surface area contributed by atoms with E-state index in [2.05, 4.69) is 5.32 Å². The number of sulfonamides is 1. The van der Waals surface area contributed by atoms with Crippen molar-refractivity contribution in [2.24, 2.45) is 0 Å². The summed E-state index contributed by atoms with van der Waals surface area (Å²) in [4.78, 5) is 0.148. The summed E-state index contributed by atoms with van der Waals surface area (Å²) in [6.45, 7) is 0.749. The summed E-state index contributed by atoms with van der Waals surface area (Å²) in [5.41, 5.74) is 6.00. The van der Waals surface area contributed by atoms with Crippen LogP contribution in [0.15, 0.2) is 29.2 Å². The summed E-state index contributed by atoms with van der Waals surface area (Å²) >= 11 is 0. The Morgan fingerprint density at radius 1 is 1.31 bits per heavy atom. The Kier molecular flexibility index (Phi) is 2.47. The summed E-state index contributed by atoms with van der Waals surface area (Å²) in [6, 6.07) is 5.94. The molecule has 1 aliphatic rings. The number of nitrogens with zero attached hydrogens (tertiary/aromatic N) is 1. The molecular weight excluding hydrogens is 228 g/mol. The van der Waals surface area contributed by atoms with Gasteiger partial charge in [0.2, 0.25) is 5.96 Å². The lowest BCUT2D eigenvalue weighted by atomic mass is 10.3. The topological polar surface area (TPSA) is 99.3 Å². The van der Waals surface area contributed by atoms with Gasteiger partial charge < -0.3 is 11.1 Å². The monoisotopic (exact) mass is 240 g/mol. The van der Waals surface area contributed by atoms with Gasteiger partial charge in [0.1, 0.15) is 0 Å². The molecule has 0 unspecified atom stereocenters. The van der Waals surface area contributed by atoms with Crippen LogP contribution in [0.25, 0.3) is 0 Å². The van der Waals surface area contributed by atoms with Gasteiger partial charge in [0, 0.05) is 12.2 Å². The van der Waals surface area contributed by atoms with Crippen LogP contribution in [0.3, 0.4) is 0 Å². The lowest BCUT2D eigenvalue weighted by molar-refractivity contribution is 0.539. The fourth-order valence-corrected chi connectivity index (χ4v) is 2.85. The Labute approximate surface area is 93.6 Å². The van der Waals surface area contributed by atoms with Crippen LogP contribution in [0.2, 0.25) is 0 Å². The minimum Gasteiger partial charge on any atom is -0.399 e. The minimum absolute atomic E-state index is 0.0863. The second-order valence-corrected chi connectivity index (χ2v) is 5.28. The van der Waals surface area contributed by atoms with E-state index < -0.39 is 10.0 Å². The first-order valence-electron chi connectivity index (χ1n) is 4.72. The van der Waals surface area contributed by atoms with Crippen LogP contribution < -0.4 is 11.1 Å². The quantitative estimate of drug-likeness (QED) is 0.623. The third-order valence-electron chi connectivity index (χ3n) is 2.32. The largest absolute Gasteiger partial charge is 0.399 e. The lowest BCUT2D eigenvalue weighted by Gasteiger charge is -2.16. The maximum Gasteiger partial charge on any atom is 0.266 e. The maximum atomic E-state index is 12.1. The van der Waals surface area contributed by atoms with Gasteiger partial charge in [-0.2, -0.15) is 0 Å². The zero-order valence-corrected chi connectivity index (χ0v) is 9.29. The van der Waals surface area contributed by atoms with E-state index in [4.69, 9.17) is 11.1 Å². The number of hydrogen-bond acceptors (Lipinski definition) is 4. The minimum atomic E-state index is -3.61. The Bertz CT molecular complexity index is 509. The predicted molar refractivity (Wildman–Crippen MR) is 60.5 cm³/mol. The smallest absolute Gasteiger partial charge is 0.266 e. The average molecular weight is 240 g/mol. The number of benzene rings is 1. The van der Waals surface area contributed by atoms with Crippen LogP contribution in [0.1, 0.15) is 0 Å². The molecule has 1 heterocycles. The third-order valence-corrected chi connectivity index (χ3v) is 4.14. The van der Waals surface area contributed by atoms with Gasteiger partial charge in [-0.05, 0) is 24.3 Å². The van der Waals surface area contributed by atoms with Crippen molar-refractivity contribution in [3.8, 4) is 0 Å². The molecule has 2 rings (SSSR count). The fourth-order valence-electron chi connectivity index (χ4n) is 1.48. The Hall–Kier alpha value is -1.76.